The maximum absolute atomic E-state index is 13.3. The third kappa shape index (κ3) is 5.47. The second-order valence-electron chi connectivity index (χ2n) is 3.79. The number of aliphatic imine (C=N–C) groups is 1. The van der Waals surface area contributed by atoms with Crippen LogP contribution in [0.4, 0.5) is 15.8 Å². The zero-order valence-electron chi connectivity index (χ0n) is 11.4. The normalized spacial score (nSPS) is 11.0. The Hall–Kier alpha value is -1.78. The first-order valence-electron chi connectivity index (χ1n) is 6.01. The molecule has 0 aliphatic carbocycles. The molecule has 0 fully saturated rings. The molecule has 0 aliphatic rings. The van der Waals surface area contributed by atoms with E-state index in [1.807, 2.05) is 0 Å². The Morgan fingerprint density at radius 3 is 3.00 bits per heavy atom. The Morgan fingerprint density at radius 2 is 2.35 bits per heavy atom. The minimum Gasteiger partial charge on any atom is -0.385 e. The monoisotopic (exact) mass is 296 g/mol. The molecule has 108 valence electrons. The van der Waals surface area contributed by atoms with Crippen LogP contribution < -0.4 is 10.6 Å². The molecule has 0 aliphatic heterocycles. The van der Waals surface area contributed by atoms with Crippen LogP contribution in [0.1, 0.15) is 6.42 Å². The van der Waals surface area contributed by atoms with Gasteiger partial charge in [-0.2, -0.15) is 5.26 Å². The van der Waals surface area contributed by atoms with E-state index < -0.39 is 0 Å². The van der Waals surface area contributed by atoms with Gasteiger partial charge in [-0.1, -0.05) is 11.8 Å². The summed E-state index contributed by atoms with van der Waals surface area (Å²) in [4.78, 5) is 4.24. The van der Waals surface area contributed by atoms with Crippen molar-refractivity contribution >= 4 is 28.3 Å². The number of hydrogen-bond acceptors (Lipinski definition) is 5. The molecule has 20 heavy (non-hydrogen) atoms. The van der Waals surface area contributed by atoms with Gasteiger partial charge in [0, 0.05) is 26.3 Å². The zero-order valence-corrected chi connectivity index (χ0v) is 12.3. The Bertz CT molecular complexity index is 502. The second kappa shape index (κ2) is 9.18. The lowest BCUT2D eigenvalue weighted by Gasteiger charge is -2.10. The molecule has 1 aromatic rings. The quantitative estimate of drug-likeness (QED) is 0.278. The van der Waals surface area contributed by atoms with E-state index in [9.17, 15) is 4.39 Å². The molecule has 0 bridgehead atoms. The Labute approximate surface area is 122 Å². The number of thioether (sulfide) groups is 1. The Morgan fingerprint density at radius 1 is 1.55 bits per heavy atom. The van der Waals surface area contributed by atoms with Crippen molar-refractivity contribution in [2.24, 2.45) is 4.99 Å². The van der Waals surface area contributed by atoms with E-state index in [0.717, 1.165) is 6.42 Å². The molecule has 0 saturated carbocycles. The molecule has 0 radical (unpaired) electrons. The SMILES string of the molecule is COCCCNc1ccc(F)cc1N=C(NC#N)SC. The smallest absolute Gasteiger partial charge is 0.183 e. The lowest BCUT2D eigenvalue weighted by atomic mass is 10.2. The summed E-state index contributed by atoms with van der Waals surface area (Å²) in [7, 11) is 1.64. The summed E-state index contributed by atoms with van der Waals surface area (Å²) in [5.74, 6) is -0.372. The van der Waals surface area contributed by atoms with Crippen molar-refractivity contribution in [3.8, 4) is 6.19 Å². The van der Waals surface area contributed by atoms with Gasteiger partial charge in [-0.15, -0.1) is 0 Å². The van der Waals surface area contributed by atoms with Crippen molar-refractivity contribution < 1.29 is 9.13 Å². The third-order valence-corrected chi connectivity index (χ3v) is 2.96. The highest BCUT2D eigenvalue weighted by molar-refractivity contribution is 8.13. The molecular formula is C13H17FN4OS. The summed E-state index contributed by atoms with van der Waals surface area (Å²) < 4.78 is 18.3. The molecule has 0 spiro atoms. The van der Waals surface area contributed by atoms with Crippen molar-refractivity contribution in [3.05, 3.63) is 24.0 Å². The Kier molecular flexibility index (Phi) is 7.47. The van der Waals surface area contributed by atoms with E-state index in [1.54, 1.807) is 25.6 Å². The van der Waals surface area contributed by atoms with E-state index in [2.05, 4.69) is 15.6 Å². The van der Waals surface area contributed by atoms with Crippen LogP contribution in [0.15, 0.2) is 23.2 Å². The molecule has 1 aromatic carbocycles. The average Bonchev–Trinajstić information content (AvgIpc) is 2.45. The van der Waals surface area contributed by atoms with E-state index in [4.69, 9.17) is 10.00 Å². The molecule has 0 aromatic heterocycles. The first-order valence-corrected chi connectivity index (χ1v) is 7.24. The molecule has 0 atom stereocenters. The largest absolute Gasteiger partial charge is 0.385 e. The van der Waals surface area contributed by atoms with Gasteiger partial charge in [0.1, 0.15) is 5.82 Å². The summed E-state index contributed by atoms with van der Waals surface area (Å²) in [6, 6.07) is 4.33. The molecule has 0 unspecified atom stereocenters. The van der Waals surface area contributed by atoms with E-state index >= 15 is 0 Å². The number of amidine groups is 1. The molecule has 0 saturated heterocycles. The number of nitrogens with zero attached hydrogens (tertiary/aromatic N) is 2. The van der Waals surface area contributed by atoms with Crippen LogP contribution in [0.3, 0.4) is 0 Å². The molecule has 1 rings (SSSR count). The zero-order chi connectivity index (χ0) is 14.8. The summed E-state index contributed by atoms with van der Waals surface area (Å²) in [5, 5.41) is 14.7. The number of rotatable bonds is 6. The summed E-state index contributed by atoms with van der Waals surface area (Å²) in [6.45, 7) is 1.35. The number of hydrogen-bond donors (Lipinski definition) is 2. The van der Waals surface area contributed by atoms with E-state index in [0.29, 0.717) is 29.7 Å². The molecule has 2 N–H and O–H groups in total. The predicted octanol–water partition coefficient (Wildman–Crippen LogP) is 2.70. The number of methoxy groups -OCH3 is 1. The van der Waals surface area contributed by atoms with Crippen molar-refractivity contribution in [1.29, 1.82) is 5.26 Å². The number of halogens is 1. The van der Waals surface area contributed by atoms with Gasteiger partial charge in [0.25, 0.3) is 0 Å². The number of ether oxygens (including phenoxy) is 1. The first kappa shape index (κ1) is 16.3. The lowest BCUT2D eigenvalue weighted by molar-refractivity contribution is 0.198. The third-order valence-electron chi connectivity index (χ3n) is 2.38. The van der Waals surface area contributed by atoms with Gasteiger partial charge >= 0.3 is 0 Å². The van der Waals surface area contributed by atoms with Crippen LogP contribution in [-0.4, -0.2) is 31.7 Å². The van der Waals surface area contributed by atoms with Crippen molar-refractivity contribution in [2.45, 2.75) is 6.42 Å². The highest BCUT2D eigenvalue weighted by Gasteiger charge is 2.05. The van der Waals surface area contributed by atoms with Gasteiger partial charge in [0.15, 0.2) is 11.4 Å². The minimum atomic E-state index is -0.372. The predicted molar refractivity (Wildman–Crippen MR) is 80.7 cm³/mol. The topological polar surface area (TPSA) is 69.4 Å². The first-order chi connectivity index (χ1) is 9.71. The van der Waals surface area contributed by atoms with Crippen molar-refractivity contribution in [3.63, 3.8) is 0 Å². The van der Waals surface area contributed by atoms with Crippen LogP contribution in [-0.2, 0) is 4.74 Å². The van der Waals surface area contributed by atoms with Gasteiger partial charge in [-0.05, 0) is 24.8 Å². The standard InChI is InChI=1S/C13H17FN4OS/c1-19-7-3-6-16-11-5-4-10(14)8-12(11)18-13(20-2)17-9-15/h4-5,8,16H,3,6-7H2,1-2H3,(H,17,18). The Balaban J connectivity index is 2.87. The fourth-order valence-electron chi connectivity index (χ4n) is 1.47. The lowest BCUT2D eigenvalue weighted by Crippen LogP contribution is -2.13. The number of anilines is 1. The number of benzene rings is 1. The molecule has 7 heteroatoms. The summed E-state index contributed by atoms with van der Waals surface area (Å²) >= 11 is 1.28. The van der Waals surface area contributed by atoms with Gasteiger partial charge in [-0.25, -0.2) is 9.38 Å². The molecular weight excluding hydrogens is 279 g/mol. The van der Waals surface area contributed by atoms with Crippen molar-refractivity contribution in [1.82, 2.24) is 5.32 Å². The van der Waals surface area contributed by atoms with Crippen LogP contribution in [0.5, 0.6) is 0 Å². The highest BCUT2D eigenvalue weighted by Crippen LogP contribution is 2.26. The minimum absolute atomic E-state index is 0.372. The maximum atomic E-state index is 13.3. The molecule has 0 heterocycles. The summed E-state index contributed by atoms with van der Waals surface area (Å²) in [6.07, 6.45) is 4.42. The van der Waals surface area contributed by atoms with Gasteiger partial charge in [-0.3, -0.25) is 5.32 Å². The van der Waals surface area contributed by atoms with Gasteiger partial charge in [0.2, 0.25) is 0 Å². The second-order valence-corrected chi connectivity index (χ2v) is 4.59. The van der Waals surface area contributed by atoms with Crippen LogP contribution in [0.2, 0.25) is 0 Å². The number of nitriles is 1. The van der Waals surface area contributed by atoms with Crippen LogP contribution >= 0.6 is 11.8 Å². The molecule has 0 amide bonds. The number of nitrogens with one attached hydrogen (secondary N) is 2. The van der Waals surface area contributed by atoms with Crippen LogP contribution in [0, 0.1) is 17.3 Å². The van der Waals surface area contributed by atoms with Gasteiger partial charge < -0.3 is 10.1 Å². The average molecular weight is 296 g/mol. The van der Waals surface area contributed by atoms with Crippen molar-refractivity contribution in [2.75, 3.05) is 31.8 Å². The van der Waals surface area contributed by atoms with E-state index in [-0.39, 0.29) is 5.82 Å². The fourth-order valence-corrected chi connectivity index (χ4v) is 1.81. The maximum Gasteiger partial charge on any atom is 0.183 e. The molecule has 5 nitrogen and oxygen atoms in total. The van der Waals surface area contributed by atoms with E-state index in [1.165, 1.54) is 23.9 Å². The van der Waals surface area contributed by atoms with Crippen LogP contribution in [0.25, 0.3) is 0 Å². The summed E-state index contributed by atoms with van der Waals surface area (Å²) in [5.41, 5.74) is 1.17. The van der Waals surface area contributed by atoms with Gasteiger partial charge in [0.05, 0.1) is 11.4 Å². The highest BCUT2D eigenvalue weighted by atomic mass is 32.2. The fraction of sp³-hybridized carbons (Fsp3) is 0.385.